The van der Waals surface area contributed by atoms with Crippen LogP contribution < -0.4 is 50.3 Å². The zero-order chi connectivity index (χ0) is 71.9. The topological polar surface area (TPSA) is 259 Å². The smallest absolute Gasteiger partial charge is 0.323 e. The molecule has 0 fully saturated rings. The van der Waals surface area contributed by atoms with E-state index in [-0.39, 0.29) is 67.5 Å². The molecule has 0 radical (unpaired) electrons. The van der Waals surface area contributed by atoms with Gasteiger partial charge in [0.15, 0.2) is 29.8 Å². The molecule has 0 aliphatic rings. The van der Waals surface area contributed by atoms with Gasteiger partial charge in [-0.1, -0.05) is 140 Å². The Labute approximate surface area is 593 Å². The number of rotatable bonds is 25. The number of phenols is 3. The van der Waals surface area contributed by atoms with E-state index in [9.17, 15) is 34.5 Å². The molecule has 0 saturated carbocycles. The number of aryl methyl sites for hydroxylation is 7. The van der Waals surface area contributed by atoms with Crippen LogP contribution in [0.5, 0.6) is 51.7 Å². The quantitative estimate of drug-likeness (QED) is 0.0248. The van der Waals surface area contributed by atoms with Crippen molar-refractivity contribution in [2.24, 2.45) is 0 Å². The van der Waals surface area contributed by atoms with Gasteiger partial charge in [0.25, 0.3) is 17.7 Å². The third-order valence-electron chi connectivity index (χ3n) is 15.4. The summed E-state index contributed by atoms with van der Waals surface area (Å²) in [5.74, 6) is 1.63. The highest BCUT2D eigenvalue weighted by atomic mass is 35.5. The van der Waals surface area contributed by atoms with E-state index in [1.165, 1.54) is 42.5 Å². The zero-order valence-electron chi connectivity index (χ0n) is 57.0. The number of hydrogen-bond acceptors (Lipinski definition) is 13. The van der Waals surface area contributed by atoms with Gasteiger partial charge in [0.1, 0.15) is 46.3 Å². The standard InChI is InChI=1S/C35H35ClN4O6.C21H26ClNO3.C20H23Cl2NO3/c1-5-6-7-32(46-31-15-8-21(2)16-22(31)3)34(42)39-29-18-30(41)28(19-33(29)45-26-13-11-25(44-4)12-14-26)40-35(43)38-24-10-9-23(20-37)27(36)17-24;1-5-6-7-20(26-19-9-8-13(2)10-15(19)4)21(25)23-17-12-18(24)14(3)11-16(17)22;1-5-13-14(21)10-15(19(24)18(13)22)23-20(25)16(6-2)26-17-8-7-11(3)9-12(17)4/h8-19,32,41H,5-7H2,1-4H3,(H,39,42)(H2,38,40,43);8-12,20,24H,5-7H2,1-4H3,(H,23,25);7-10,16,24H,5-6H2,1-4H3,(H,23,25). The molecule has 0 spiro atoms. The van der Waals surface area contributed by atoms with E-state index in [0.717, 1.165) is 59.1 Å². The monoisotopic (exact) mass is 1410 g/mol. The summed E-state index contributed by atoms with van der Waals surface area (Å²) in [5, 5.41) is 54.7. The molecule has 0 heterocycles. The average molecular weight is 1420 g/mol. The Balaban J connectivity index is 0.000000249. The van der Waals surface area contributed by atoms with Gasteiger partial charge in [-0.15, -0.1) is 0 Å². The Kier molecular flexibility index (Phi) is 29.5. The van der Waals surface area contributed by atoms with Crippen molar-refractivity contribution < 1.29 is 58.2 Å². The first-order valence-corrected chi connectivity index (χ1v) is 33.5. The van der Waals surface area contributed by atoms with Crippen LogP contribution in [0.1, 0.15) is 123 Å². The van der Waals surface area contributed by atoms with E-state index >= 15 is 0 Å². The van der Waals surface area contributed by atoms with E-state index < -0.39 is 30.3 Å². The summed E-state index contributed by atoms with van der Waals surface area (Å²) in [6, 6.07) is 37.2. The molecule has 3 unspecified atom stereocenters. The number of nitriles is 1. The number of nitrogens with zero attached hydrogens (tertiary/aromatic N) is 1. The van der Waals surface area contributed by atoms with Crippen LogP contribution in [0.25, 0.3) is 0 Å². The number of nitrogens with one attached hydrogen (secondary N) is 5. The van der Waals surface area contributed by atoms with E-state index in [1.807, 2.05) is 123 Å². The first-order valence-electron chi connectivity index (χ1n) is 32.0. The predicted molar refractivity (Wildman–Crippen MR) is 392 cm³/mol. The van der Waals surface area contributed by atoms with Crippen LogP contribution in [0.15, 0.2) is 127 Å². The minimum Gasteiger partial charge on any atom is -0.508 e. The number of hydrogen-bond donors (Lipinski definition) is 8. The van der Waals surface area contributed by atoms with Crippen molar-refractivity contribution in [3.8, 4) is 57.8 Å². The lowest BCUT2D eigenvalue weighted by Gasteiger charge is -2.21. The first-order chi connectivity index (χ1) is 46.7. The molecule has 8 aromatic rings. The maximum absolute atomic E-state index is 13.6. The fraction of sp³-hybridized carbons (Fsp3) is 0.303. The molecule has 18 nitrogen and oxygen atoms in total. The molecule has 0 saturated heterocycles. The number of anilines is 5. The summed E-state index contributed by atoms with van der Waals surface area (Å²) in [7, 11) is 1.55. The third-order valence-corrected chi connectivity index (χ3v) is 16.7. The summed E-state index contributed by atoms with van der Waals surface area (Å²) in [6.45, 7) is 21.4. The highest BCUT2D eigenvalue weighted by molar-refractivity contribution is 6.38. The number of benzene rings is 8. The van der Waals surface area contributed by atoms with Crippen LogP contribution in [-0.4, -0.2) is 64.5 Å². The minimum atomic E-state index is -0.819. The molecule has 0 aromatic heterocycles. The SMILES string of the molecule is CCCCC(Oc1ccc(C)cc1C)C(=O)Nc1cc(O)c(C)cc1Cl.CCCCC(Oc1ccc(C)cc1C)C(=O)Nc1cc(O)c(NC(=O)Nc2ccc(C#N)c(Cl)c2)cc1Oc1ccc(OC)cc1.CCc1c(Cl)cc(NC(=O)C(CC)Oc2ccc(C)cc2C)c(O)c1Cl. The molecular formula is C76H84Cl4N6O12. The van der Waals surface area contributed by atoms with Gasteiger partial charge in [0.05, 0.1) is 50.5 Å². The number of methoxy groups -OCH3 is 1. The normalized spacial score (nSPS) is 11.5. The van der Waals surface area contributed by atoms with Gasteiger partial charge >= 0.3 is 6.03 Å². The minimum absolute atomic E-state index is 0.00724. The molecule has 8 rings (SSSR count). The number of amides is 5. The molecule has 0 aliphatic heterocycles. The lowest BCUT2D eigenvalue weighted by Crippen LogP contribution is -2.33. The molecule has 22 heteroatoms. The van der Waals surface area contributed by atoms with Crippen LogP contribution in [0.3, 0.4) is 0 Å². The zero-order valence-corrected chi connectivity index (χ0v) is 60.0. The van der Waals surface area contributed by atoms with E-state index in [0.29, 0.717) is 87.0 Å². The van der Waals surface area contributed by atoms with E-state index in [2.05, 4.69) is 33.5 Å². The first kappa shape index (κ1) is 77.5. The predicted octanol–water partition coefficient (Wildman–Crippen LogP) is 19.8. The summed E-state index contributed by atoms with van der Waals surface area (Å²) in [6.07, 6.45) is 3.41. The molecule has 3 atom stereocenters. The van der Waals surface area contributed by atoms with Crippen LogP contribution in [-0.2, 0) is 20.8 Å². The van der Waals surface area contributed by atoms with Crippen molar-refractivity contribution in [1.29, 1.82) is 5.26 Å². The maximum Gasteiger partial charge on any atom is 0.323 e. The van der Waals surface area contributed by atoms with Crippen LogP contribution in [0.2, 0.25) is 20.1 Å². The highest BCUT2D eigenvalue weighted by Crippen LogP contribution is 2.42. The van der Waals surface area contributed by atoms with Crippen molar-refractivity contribution >= 4 is 98.6 Å². The second kappa shape index (κ2) is 37.3. The molecule has 8 N–H and O–H groups in total. The van der Waals surface area contributed by atoms with Crippen molar-refractivity contribution in [2.75, 3.05) is 33.7 Å². The molecule has 5 amide bonds. The Morgan fingerprint density at radius 1 is 0.480 bits per heavy atom. The number of carbonyl (C=O) groups is 4. The number of phenolic OH excluding ortho intramolecular Hbond substituents is 3. The summed E-state index contributed by atoms with van der Waals surface area (Å²) < 4.78 is 29.4. The number of carbonyl (C=O) groups excluding carboxylic acids is 4. The Morgan fingerprint density at radius 3 is 1.45 bits per heavy atom. The molecular weight excluding hydrogens is 1330 g/mol. The Bertz CT molecular complexity index is 4160. The summed E-state index contributed by atoms with van der Waals surface area (Å²) in [4.78, 5) is 51.9. The van der Waals surface area contributed by atoms with Crippen molar-refractivity contribution in [1.82, 2.24) is 0 Å². The maximum atomic E-state index is 13.6. The van der Waals surface area contributed by atoms with Crippen molar-refractivity contribution in [3.63, 3.8) is 0 Å². The van der Waals surface area contributed by atoms with Gasteiger partial charge in [-0.25, -0.2) is 4.79 Å². The number of urea groups is 1. The lowest BCUT2D eigenvalue weighted by atomic mass is 10.1. The van der Waals surface area contributed by atoms with Crippen LogP contribution in [0.4, 0.5) is 33.2 Å². The number of ether oxygens (including phenoxy) is 5. The summed E-state index contributed by atoms with van der Waals surface area (Å²) in [5.41, 5.74) is 8.82. The fourth-order valence-electron chi connectivity index (χ4n) is 9.90. The average Bonchev–Trinajstić information content (AvgIpc) is 0.822. The van der Waals surface area contributed by atoms with Gasteiger partial charge < -0.3 is 65.6 Å². The molecule has 518 valence electrons. The Hall–Kier alpha value is -9.51. The van der Waals surface area contributed by atoms with Crippen molar-refractivity contribution in [2.45, 2.75) is 146 Å². The number of halogens is 4. The second-order valence-electron chi connectivity index (χ2n) is 23.3. The van der Waals surface area contributed by atoms with E-state index in [1.54, 1.807) is 44.4 Å². The van der Waals surface area contributed by atoms with Gasteiger partial charge in [-0.3, -0.25) is 14.4 Å². The fourth-order valence-corrected chi connectivity index (χ4v) is 11.1. The Morgan fingerprint density at radius 2 is 0.969 bits per heavy atom. The number of unbranched alkanes of at least 4 members (excludes halogenated alkanes) is 2. The molecule has 0 aliphatic carbocycles. The van der Waals surface area contributed by atoms with Gasteiger partial charge in [-0.05, 0) is 188 Å². The molecule has 0 bridgehead atoms. The second-order valence-corrected chi connectivity index (χ2v) is 24.9. The van der Waals surface area contributed by atoms with Crippen LogP contribution >= 0.6 is 46.4 Å². The van der Waals surface area contributed by atoms with Crippen molar-refractivity contribution in [3.05, 3.63) is 198 Å². The summed E-state index contributed by atoms with van der Waals surface area (Å²) >= 11 is 24.6. The van der Waals surface area contributed by atoms with Gasteiger partial charge in [-0.2, -0.15) is 5.26 Å². The third kappa shape index (κ3) is 22.3. The highest BCUT2D eigenvalue weighted by Gasteiger charge is 2.27. The molecule has 98 heavy (non-hydrogen) atoms. The number of aromatic hydroxyl groups is 3. The van der Waals surface area contributed by atoms with E-state index in [4.69, 9.17) is 75.3 Å². The molecule has 8 aromatic carbocycles. The lowest BCUT2D eigenvalue weighted by molar-refractivity contribution is -0.123. The van der Waals surface area contributed by atoms with Crippen LogP contribution in [0, 0.1) is 59.8 Å². The van der Waals surface area contributed by atoms with Gasteiger partial charge in [0.2, 0.25) is 0 Å². The van der Waals surface area contributed by atoms with Gasteiger partial charge in [0, 0.05) is 28.9 Å². The largest absolute Gasteiger partial charge is 0.508 e.